The molecule has 1 aromatic heterocycles. The third-order valence-electron chi connectivity index (χ3n) is 4.25. The van der Waals surface area contributed by atoms with Crippen molar-refractivity contribution in [3.63, 3.8) is 0 Å². The molecule has 5 heteroatoms. The van der Waals surface area contributed by atoms with Crippen molar-refractivity contribution in [2.24, 2.45) is 0 Å². The van der Waals surface area contributed by atoms with Gasteiger partial charge in [-0.1, -0.05) is 6.07 Å². The van der Waals surface area contributed by atoms with Crippen LogP contribution in [-0.2, 0) is 11.3 Å². The minimum Gasteiger partial charge on any atom is -0.355 e. The number of anilines is 1. The van der Waals surface area contributed by atoms with E-state index < -0.39 is 0 Å². The van der Waals surface area contributed by atoms with E-state index in [2.05, 4.69) is 27.3 Å². The fraction of sp³-hybridized carbons (Fsp3) is 0.625. The SMILES string of the molecule is CC(=O)N1CCCN(c2ccc(CNC3CC3)cn2)CC1. The molecule has 2 heterocycles. The Morgan fingerprint density at radius 1 is 1.29 bits per heavy atom. The van der Waals surface area contributed by atoms with Gasteiger partial charge in [0.1, 0.15) is 5.82 Å². The quantitative estimate of drug-likeness (QED) is 0.909. The average Bonchev–Trinajstić information content (AvgIpc) is 3.32. The van der Waals surface area contributed by atoms with E-state index in [0.717, 1.165) is 51.0 Å². The number of amides is 1. The lowest BCUT2D eigenvalue weighted by Crippen LogP contribution is -2.33. The molecule has 0 unspecified atom stereocenters. The maximum atomic E-state index is 11.5. The molecule has 2 aliphatic rings. The summed E-state index contributed by atoms with van der Waals surface area (Å²) in [5.41, 5.74) is 1.24. The maximum Gasteiger partial charge on any atom is 0.219 e. The number of carbonyl (C=O) groups excluding carboxylic acids is 1. The van der Waals surface area contributed by atoms with Crippen LogP contribution in [-0.4, -0.2) is 48.0 Å². The predicted octanol–water partition coefficient (Wildman–Crippen LogP) is 1.39. The third-order valence-corrected chi connectivity index (χ3v) is 4.25. The Morgan fingerprint density at radius 3 is 2.81 bits per heavy atom. The van der Waals surface area contributed by atoms with Gasteiger partial charge in [0.25, 0.3) is 0 Å². The smallest absolute Gasteiger partial charge is 0.219 e. The molecule has 1 saturated heterocycles. The first-order valence-electron chi connectivity index (χ1n) is 7.91. The number of pyridine rings is 1. The zero-order chi connectivity index (χ0) is 14.7. The molecule has 2 fully saturated rings. The summed E-state index contributed by atoms with van der Waals surface area (Å²) in [6.07, 6.45) is 5.60. The Hall–Kier alpha value is -1.62. The van der Waals surface area contributed by atoms with Crippen LogP contribution in [0.4, 0.5) is 5.82 Å². The van der Waals surface area contributed by atoms with Gasteiger partial charge in [0.15, 0.2) is 0 Å². The van der Waals surface area contributed by atoms with Crippen molar-refractivity contribution in [2.75, 3.05) is 31.1 Å². The van der Waals surface area contributed by atoms with Gasteiger partial charge in [-0.05, 0) is 30.9 Å². The summed E-state index contributed by atoms with van der Waals surface area (Å²) < 4.78 is 0. The van der Waals surface area contributed by atoms with Crippen molar-refractivity contribution in [3.8, 4) is 0 Å². The lowest BCUT2D eigenvalue weighted by atomic mass is 10.2. The lowest BCUT2D eigenvalue weighted by Gasteiger charge is -2.22. The lowest BCUT2D eigenvalue weighted by molar-refractivity contribution is -0.128. The Labute approximate surface area is 126 Å². The first-order chi connectivity index (χ1) is 10.2. The number of aromatic nitrogens is 1. The molecule has 1 aliphatic carbocycles. The van der Waals surface area contributed by atoms with E-state index in [1.54, 1.807) is 6.92 Å². The van der Waals surface area contributed by atoms with Gasteiger partial charge in [-0.3, -0.25) is 4.79 Å². The van der Waals surface area contributed by atoms with Crippen molar-refractivity contribution >= 4 is 11.7 Å². The van der Waals surface area contributed by atoms with E-state index in [0.29, 0.717) is 0 Å². The van der Waals surface area contributed by atoms with Crippen molar-refractivity contribution < 1.29 is 4.79 Å². The van der Waals surface area contributed by atoms with Crippen LogP contribution in [0.15, 0.2) is 18.3 Å². The summed E-state index contributed by atoms with van der Waals surface area (Å²) in [5.74, 6) is 1.20. The minimum atomic E-state index is 0.173. The second kappa shape index (κ2) is 6.43. The monoisotopic (exact) mass is 288 g/mol. The van der Waals surface area contributed by atoms with Crippen LogP contribution in [0.5, 0.6) is 0 Å². The maximum absolute atomic E-state index is 11.5. The second-order valence-corrected chi connectivity index (χ2v) is 6.03. The van der Waals surface area contributed by atoms with E-state index in [1.807, 2.05) is 11.1 Å². The highest BCUT2D eigenvalue weighted by Crippen LogP contribution is 2.20. The van der Waals surface area contributed by atoms with Crippen LogP contribution in [0.2, 0.25) is 0 Å². The summed E-state index contributed by atoms with van der Waals surface area (Å²) in [5, 5.41) is 3.50. The van der Waals surface area contributed by atoms with Crippen LogP contribution in [0.3, 0.4) is 0 Å². The number of rotatable bonds is 4. The number of hydrogen-bond acceptors (Lipinski definition) is 4. The molecule has 0 spiro atoms. The Kier molecular flexibility index (Phi) is 4.39. The molecule has 1 amide bonds. The van der Waals surface area contributed by atoms with Crippen molar-refractivity contribution in [1.29, 1.82) is 0 Å². The van der Waals surface area contributed by atoms with Crippen molar-refractivity contribution in [3.05, 3.63) is 23.9 Å². The van der Waals surface area contributed by atoms with E-state index in [-0.39, 0.29) is 5.91 Å². The van der Waals surface area contributed by atoms with Gasteiger partial charge >= 0.3 is 0 Å². The molecular formula is C16H24N4O. The summed E-state index contributed by atoms with van der Waals surface area (Å²) >= 11 is 0. The number of hydrogen-bond donors (Lipinski definition) is 1. The van der Waals surface area contributed by atoms with Crippen LogP contribution < -0.4 is 10.2 Å². The van der Waals surface area contributed by atoms with Gasteiger partial charge in [0.05, 0.1) is 0 Å². The zero-order valence-electron chi connectivity index (χ0n) is 12.7. The molecule has 0 atom stereocenters. The highest BCUT2D eigenvalue weighted by molar-refractivity contribution is 5.73. The van der Waals surface area contributed by atoms with Crippen molar-refractivity contribution in [1.82, 2.24) is 15.2 Å². The molecule has 0 aromatic carbocycles. The topological polar surface area (TPSA) is 48.5 Å². The molecule has 1 N–H and O–H groups in total. The molecule has 21 heavy (non-hydrogen) atoms. The van der Waals surface area contributed by atoms with Crippen LogP contribution in [0.25, 0.3) is 0 Å². The number of carbonyl (C=O) groups is 1. The fourth-order valence-electron chi connectivity index (χ4n) is 2.72. The van der Waals surface area contributed by atoms with Gasteiger partial charge in [-0.2, -0.15) is 0 Å². The second-order valence-electron chi connectivity index (χ2n) is 6.03. The van der Waals surface area contributed by atoms with Crippen molar-refractivity contribution in [2.45, 2.75) is 38.8 Å². The Morgan fingerprint density at radius 2 is 2.14 bits per heavy atom. The molecule has 0 radical (unpaired) electrons. The molecule has 1 saturated carbocycles. The fourth-order valence-corrected chi connectivity index (χ4v) is 2.72. The van der Waals surface area contributed by atoms with Gasteiger partial charge < -0.3 is 15.1 Å². The van der Waals surface area contributed by atoms with Crippen LogP contribution in [0.1, 0.15) is 31.7 Å². The molecule has 5 nitrogen and oxygen atoms in total. The average molecular weight is 288 g/mol. The molecule has 1 aliphatic heterocycles. The van der Waals surface area contributed by atoms with Gasteiger partial charge in [0.2, 0.25) is 5.91 Å². The summed E-state index contributed by atoms with van der Waals surface area (Å²) in [6, 6.07) is 4.99. The van der Waals surface area contributed by atoms with E-state index >= 15 is 0 Å². The molecule has 114 valence electrons. The highest BCUT2D eigenvalue weighted by Gasteiger charge is 2.20. The summed E-state index contributed by atoms with van der Waals surface area (Å²) in [6.45, 7) is 6.05. The van der Waals surface area contributed by atoms with E-state index in [4.69, 9.17) is 0 Å². The standard InChI is InChI=1S/C16H24N4O/c1-13(21)19-7-2-8-20(10-9-19)16-6-3-14(12-18-16)11-17-15-4-5-15/h3,6,12,15,17H,2,4-5,7-11H2,1H3. The Bertz CT molecular complexity index is 484. The third kappa shape index (κ3) is 3.94. The van der Waals surface area contributed by atoms with Gasteiger partial charge in [-0.25, -0.2) is 4.98 Å². The molecule has 1 aromatic rings. The summed E-state index contributed by atoms with van der Waals surface area (Å²) in [4.78, 5) is 20.3. The highest BCUT2D eigenvalue weighted by atomic mass is 16.2. The number of nitrogens with zero attached hydrogens (tertiary/aromatic N) is 3. The molecule has 3 rings (SSSR count). The largest absolute Gasteiger partial charge is 0.355 e. The number of nitrogens with one attached hydrogen (secondary N) is 1. The first-order valence-corrected chi connectivity index (χ1v) is 7.91. The van der Waals surface area contributed by atoms with Gasteiger partial charge in [0, 0.05) is 51.9 Å². The first kappa shape index (κ1) is 14.3. The van der Waals surface area contributed by atoms with Crippen LogP contribution >= 0.6 is 0 Å². The van der Waals surface area contributed by atoms with Crippen LogP contribution in [0, 0.1) is 0 Å². The van der Waals surface area contributed by atoms with E-state index in [9.17, 15) is 4.79 Å². The minimum absolute atomic E-state index is 0.173. The molecular weight excluding hydrogens is 264 g/mol. The predicted molar refractivity (Wildman–Crippen MR) is 83.2 cm³/mol. The molecule has 0 bridgehead atoms. The summed E-state index contributed by atoms with van der Waals surface area (Å²) in [7, 11) is 0. The van der Waals surface area contributed by atoms with Gasteiger partial charge in [-0.15, -0.1) is 0 Å². The zero-order valence-corrected chi connectivity index (χ0v) is 12.7. The Balaban J connectivity index is 1.56. The normalized spacial score (nSPS) is 19.5. The van der Waals surface area contributed by atoms with E-state index in [1.165, 1.54) is 18.4 Å².